The number of nitrogens with zero attached hydrogens (tertiary/aromatic N) is 2. The van der Waals surface area contributed by atoms with E-state index in [4.69, 9.17) is 21.3 Å². The summed E-state index contributed by atoms with van der Waals surface area (Å²) in [6.07, 6.45) is 1.87. The molecular weight excluding hydrogens is 434 g/mol. The molecule has 4 aromatic rings. The number of imidazole rings is 1. The summed E-state index contributed by atoms with van der Waals surface area (Å²) >= 11 is 6.02. The Kier molecular flexibility index (Phi) is 7.30. The summed E-state index contributed by atoms with van der Waals surface area (Å²) in [6, 6.07) is 21.3. The topological polar surface area (TPSA) is 56.1 Å². The molecule has 0 atom stereocenters. The van der Waals surface area contributed by atoms with Gasteiger partial charge in [0.15, 0.2) is 0 Å². The standard InChI is InChI=1S/C27H28ClN3O2/c1-19-12-13-20(2)25(16-19)33-15-6-5-14-31-24-11-4-3-10-23(24)30-26(31)18-29-27(32)21-8-7-9-22(28)17-21/h3-4,7-13,16-17H,5-6,14-15,18H2,1-2H3,(H,29,32). The van der Waals surface area contributed by atoms with Crippen molar-refractivity contribution in [2.24, 2.45) is 0 Å². The van der Waals surface area contributed by atoms with Crippen molar-refractivity contribution in [3.63, 3.8) is 0 Å². The molecule has 0 saturated carbocycles. The predicted octanol–water partition coefficient (Wildman–Crippen LogP) is 6.10. The third-order valence-electron chi connectivity index (χ3n) is 5.60. The normalized spacial score (nSPS) is 11.0. The van der Waals surface area contributed by atoms with Crippen LogP contribution in [-0.2, 0) is 13.1 Å². The van der Waals surface area contributed by atoms with Gasteiger partial charge in [-0.3, -0.25) is 4.79 Å². The number of fused-ring (bicyclic) bond motifs is 1. The fraction of sp³-hybridized carbons (Fsp3) is 0.259. The van der Waals surface area contributed by atoms with Crippen LogP contribution < -0.4 is 10.1 Å². The molecule has 1 amide bonds. The monoisotopic (exact) mass is 461 g/mol. The highest BCUT2D eigenvalue weighted by Crippen LogP contribution is 2.20. The third kappa shape index (κ3) is 5.74. The second-order valence-electron chi connectivity index (χ2n) is 8.19. The number of halogens is 1. The van der Waals surface area contributed by atoms with Gasteiger partial charge in [0.1, 0.15) is 11.6 Å². The van der Waals surface area contributed by atoms with E-state index in [-0.39, 0.29) is 5.91 Å². The van der Waals surface area contributed by atoms with E-state index in [0.717, 1.165) is 47.6 Å². The summed E-state index contributed by atoms with van der Waals surface area (Å²) in [5.41, 5.74) is 4.88. The van der Waals surface area contributed by atoms with Crippen LogP contribution in [-0.4, -0.2) is 22.1 Å². The Morgan fingerprint density at radius 2 is 1.88 bits per heavy atom. The molecular formula is C27H28ClN3O2. The number of hydrogen-bond donors (Lipinski definition) is 1. The zero-order valence-electron chi connectivity index (χ0n) is 19.0. The lowest BCUT2D eigenvalue weighted by molar-refractivity contribution is 0.0949. The first-order valence-corrected chi connectivity index (χ1v) is 11.6. The first-order chi connectivity index (χ1) is 16.0. The second-order valence-corrected chi connectivity index (χ2v) is 8.62. The molecule has 170 valence electrons. The minimum absolute atomic E-state index is 0.168. The van der Waals surface area contributed by atoms with E-state index in [1.807, 2.05) is 18.2 Å². The van der Waals surface area contributed by atoms with Gasteiger partial charge in [0.2, 0.25) is 0 Å². The Morgan fingerprint density at radius 1 is 1.03 bits per heavy atom. The number of ether oxygens (including phenoxy) is 1. The molecule has 33 heavy (non-hydrogen) atoms. The Bertz CT molecular complexity index is 1270. The maximum atomic E-state index is 12.6. The average Bonchev–Trinajstić information content (AvgIpc) is 3.17. The lowest BCUT2D eigenvalue weighted by Gasteiger charge is -2.12. The largest absolute Gasteiger partial charge is 0.493 e. The lowest BCUT2D eigenvalue weighted by atomic mass is 10.1. The molecule has 0 aliphatic heterocycles. The van der Waals surface area contributed by atoms with Crippen LogP contribution in [0, 0.1) is 13.8 Å². The Hall–Kier alpha value is -3.31. The van der Waals surface area contributed by atoms with Crippen LogP contribution in [0.25, 0.3) is 11.0 Å². The molecule has 0 fully saturated rings. The van der Waals surface area contributed by atoms with Crippen molar-refractivity contribution in [1.82, 2.24) is 14.9 Å². The van der Waals surface area contributed by atoms with Crippen LogP contribution in [0.1, 0.15) is 40.2 Å². The van der Waals surface area contributed by atoms with Crippen molar-refractivity contribution >= 4 is 28.5 Å². The molecule has 0 saturated heterocycles. The number of aryl methyl sites for hydroxylation is 3. The summed E-state index contributed by atoms with van der Waals surface area (Å²) in [6.45, 7) is 5.95. The third-order valence-corrected chi connectivity index (χ3v) is 5.84. The summed E-state index contributed by atoms with van der Waals surface area (Å²) in [5.74, 6) is 1.62. The van der Waals surface area contributed by atoms with Crippen molar-refractivity contribution in [1.29, 1.82) is 0 Å². The Balaban J connectivity index is 1.38. The fourth-order valence-electron chi connectivity index (χ4n) is 3.82. The van der Waals surface area contributed by atoms with Crippen LogP contribution in [0.5, 0.6) is 5.75 Å². The van der Waals surface area contributed by atoms with Gasteiger partial charge in [0, 0.05) is 17.1 Å². The maximum Gasteiger partial charge on any atom is 0.251 e. The molecule has 1 N–H and O–H groups in total. The second kappa shape index (κ2) is 10.5. The van der Waals surface area contributed by atoms with Crippen LogP contribution in [0.15, 0.2) is 66.7 Å². The zero-order valence-corrected chi connectivity index (χ0v) is 19.7. The van der Waals surface area contributed by atoms with E-state index in [2.05, 4.69) is 48.0 Å². The predicted molar refractivity (Wildman–Crippen MR) is 133 cm³/mol. The highest BCUT2D eigenvalue weighted by Gasteiger charge is 2.13. The molecule has 3 aromatic carbocycles. The lowest BCUT2D eigenvalue weighted by Crippen LogP contribution is -2.24. The minimum Gasteiger partial charge on any atom is -0.493 e. The van der Waals surface area contributed by atoms with Gasteiger partial charge in [-0.25, -0.2) is 4.98 Å². The van der Waals surface area contributed by atoms with E-state index in [1.54, 1.807) is 24.3 Å². The van der Waals surface area contributed by atoms with Gasteiger partial charge in [-0.15, -0.1) is 0 Å². The van der Waals surface area contributed by atoms with Gasteiger partial charge in [0.25, 0.3) is 5.91 Å². The van der Waals surface area contributed by atoms with E-state index in [0.29, 0.717) is 23.7 Å². The van der Waals surface area contributed by atoms with Gasteiger partial charge in [-0.1, -0.05) is 41.9 Å². The summed E-state index contributed by atoms with van der Waals surface area (Å²) in [5, 5.41) is 3.51. The number of nitrogens with one attached hydrogen (secondary N) is 1. The summed E-state index contributed by atoms with van der Waals surface area (Å²) in [7, 11) is 0. The molecule has 4 rings (SSSR count). The molecule has 1 aromatic heterocycles. The zero-order chi connectivity index (χ0) is 23.2. The van der Waals surface area contributed by atoms with Crippen molar-refractivity contribution in [3.8, 4) is 5.75 Å². The van der Waals surface area contributed by atoms with Gasteiger partial charge in [-0.2, -0.15) is 0 Å². The highest BCUT2D eigenvalue weighted by molar-refractivity contribution is 6.30. The Labute approximate surface area is 199 Å². The smallest absolute Gasteiger partial charge is 0.251 e. The molecule has 0 aliphatic rings. The van der Waals surface area contributed by atoms with Crippen molar-refractivity contribution in [2.75, 3.05) is 6.61 Å². The molecule has 0 aliphatic carbocycles. The molecule has 6 heteroatoms. The number of aromatic nitrogens is 2. The van der Waals surface area contributed by atoms with Crippen LogP contribution in [0.4, 0.5) is 0 Å². The van der Waals surface area contributed by atoms with E-state index in [1.165, 1.54) is 5.56 Å². The van der Waals surface area contributed by atoms with Gasteiger partial charge >= 0.3 is 0 Å². The van der Waals surface area contributed by atoms with E-state index in [9.17, 15) is 4.79 Å². The first-order valence-electron chi connectivity index (χ1n) is 11.2. The number of amides is 1. The van der Waals surface area contributed by atoms with Crippen molar-refractivity contribution in [2.45, 2.75) is 39.8 Å². The minimum atomic E-state index is -0.168. The molecule has 0 bridgehead atoms. The Morgan fingerprint density at radius 3 is 2.73 bits per heavy atom. The SMILES string of the molecule is Cc1ccc(C)c(OCCCCn2c(CNC(=O)c3cccc(Cl)c3)nc3ccccc32)c1. The van der Waals surface area contributed by atoms with Gasteiger partial charge in [0.05, 0.1) is 24.2 Å². The van der Waals surface area contributed by atoms with Crippen LogP contribution in [0.2, 0.25) is 5.02 Å². The van der Waals surface area contributed by atoms with Gasteiger partial charge in [-0.05, 0) is 74.2 Å². The van der Waals surface area contributed by atoms with Gasteiger partial charge < -0.3 is 14.6 Å². The average molecular weight is 462 g/mol. The number of carbonyl (C=O) groups excluding carboxylic acids is 1. The fourth-order valence-corrected chi connectivity index (χ4v) is 4.01. The highest BCUT2D eigenvalue weighted by atomic mass is 35.5. The van der Waals surface area contributed by atoms with Crippen LogP contribution in [0.3, 0.4) is 0 Å². The molecule has 1 heterocycles. The number of rotatable bonds is 9. The molecule has 0 radical (unpaired) electrons. The quantitative estimate of drug-likeness (QED) is 0.306. The van der Waals surface area contributed by atoms with E-state index >= 15 is 0 Å². The number of unbranched alkanes of at least 4 members (excludes halogenated alkanes) is 1. The molecule has 5 nitrogen and oxygen atoms in total. The number of benzene rings is 3. The van der Waals surface area contributed by atoms with E-state index < -0.39 is 0 Å². The number of carbonyl (C=O) groups is 1. The first kappa shape index (κ1) is 22.9. The number of hydrogen-bond acceptors (Lipinski definition) is 3. The number of para-hydroxylation sites is 2. The van der Waals surface area contributed by atoms with Crippen molar-refractivity contribution < 1.29 is 9.53 Å². The molecule has 0 spiro atoms. The maximum absolute atomic E-state index is 12.6. The van der Waals surface area contributed by atoms with Crippen molar-refractivity contribution in [3.05, 3.63) is 94.3 Å². The summed E-state index contributed by atoms with van der Waals surface area (Å²) < 4.78 is 8.19. The molecule has 0 unspecified atom stereocenters. The summed E-state index contributed by atoms with van der Waals surface area (Å²) in [4.78, 5) is 17.3. The van der Waals surface area contributed by atoms with Crippen LogP contribution >= 0.6 is 11.6 Å².